The van der Waals surface area contributed by atoms with Crippen LogP contribution in [0.25, 0.3) is 0 Å². The van der Waals surface area contributed by atoms with Gasteiger partial charge in [0.05, 0.1) is 12.0 Å². The predicted molar refractivity (Wildman–Crippen MR) is 42.3 cm³/mol. The van der Waals surface area contributed by atoms with Gasteiger partial charge in [-0.05, 0) is 12.3 Å². The zero-order chi connectivity index (χ0) is 9.23. The summed E-state index contributed by atoms with van der Waals surface area (Å²) in [6.45, 7) is 6.96. The van der Waals surface area contributed by atoms with Crippen LogP contribution in [0.3, 0.4) is 0 Å². The van der Waals surface area contributed by atoms with E-state index in [2.05, 4.69) is 0 Å². The first-order valence-corrected chi connectivity index (χ1v) is 3.67. The molecule has 3 heteroatoms. The van der Waals surface area contributed by atoms with Crippen LogP contribution in [-0.4, -0.2) is 22.3 Å². The first-order valence-electron chi connectivity index (χ1n) is 3.67. The molecule has 0 bridgehead atoms. The molecule has 11 heavy (non-hydrogen) atoms. The van der Waals surface area contributed by atoms with Crippen LogP contribution >= 0.6 is 0 Å². The van der Waals surface area contributed by atoms with Gasteiger partial charge in [-0.15, -0.1) is 0 Å². The predicted octanol–water partition coefficient (Wildman–Crippen LogP) is 1.11. The third-order valence-corrected chi connectivity index (χ3v) is 1.75. The number of carboxylic acid groups (broad SMARTS) is 1. The molecule has 2 atom stereocenters. The second-order valence-corrected chi connectivity index (χ2v) is 3.94. The number of aliphatic carboxylic acids is 1. The second kappa shape index (κ2) is 3.22. The van der Waals surface area contributed by atoms with Crippen molar-refractivity contribution in [2.45, 2.75) is 33.8 Å². The molecule has 2 unspecified atom stereocenters. The van der Waals surface area contributed by atoms with E-state index in [1.807, 2.05) is 20.8 Å². The van der Waals surface area contributed by atoms with Gasteiger partial charge < -0.3 is 10.2 Å². The smallest absolute Gasteiger partial charge is 0.308 e. The van der Waals surface area contributed by atoms with Crippen LogP contribution in [0.5, 0.6) is 0 Å². The van der Waals surface area contributed by atoms with Crippen LogP contribution in [-0.2, 0) is 4.79 Å². The number of aliphatic hydroxyl groups excluding tert-OH is 1. The average molecular weight is 160 g/mol. The molecule has 0 spiro atoms. The lowest BCUT2D eigenvalue weighted by Crippen LogP contribution is -2.36. The van der Waals surface area contributed by atoms with E-state index in [4.69, 9.17) is 5.11 Å². The molecular formula is C8H16O3. The fourth-order valence-electron chi connectivity index (χ4n) is 0.885. The van der Waals surface area contributed by atoms with Crippen LogP contribution in [0.4, 0.5) is 0 Å². The molecule has 0 aromatic heterocycles. The quantitative estimate of drug-likeness (QED) is 0.636. The molecule has 0 saturated carbocycles. The standard InChI is InChI=1S/C8H16O3/c1-5(7(10)11)6(9)8(2,3)4/h5-6,9H,1-4H3,(H,10,11). The van der Waals surface area contributed by atoms with E-state index in [1.54, 1.807) is 0 Å². The lowest BCUT2D eigenvalue weighted by Gasteiger charge is -2.28. The number of carbonyl (C=O) groups is 1. The van der Waals surface area contributed by atoms with Gasteiger partial charge in [-0.2, -0.15) is 0 Å². The largest absolute Gasteiger partial charge is 0.481 e. The third-order valence-electron chi connectivity index (χ3n) is 1.75. The Balaban J connectivity index is 4.25. The Labute approximate surface area is 67.0 Å². The monoisotopic (exact) mass is 160 g/mol. The minimum Gasteiger partial charge on any atom is -0.481 e. The Morgan fingerprint density at radius 3 is 1.82 bits per heavy atom. The summed E-state index contributed by atoms with van der Waals surface area (Å²) in [6, 6.07) is 0. The van der Waals surface area contributed by atoms with Gasteiger partial charge in [-0.3, -0.25) is 4.79 Å². The van der Waals surface area contributed by atoms with Crippen molar-refractivity contribution in [2.24, 2.45) is 11.3 Å². The van der Waals surface area contributed by atoms with Crippen LogP contribution < -0.4 is 0 Å². The summed E-state index contributed by atoms with van der Waals surface area (Å²) < 4.78 is 0. The summed E-state index contributed by atoms with van der Waals surface area (Å²) in [5.74, 6) is -1.65. The van der Waals surface area contributed by atoms with Crippen molar-refractivity contribution in [3.05, 3.63) is 0 Å². The molecule has 0 aromatic carbocycles. The molecule has 0 heterocycles. The van der Waals surface area contributed by atoms with Gasteiger partial charge >= 0.3 is 5.97 Å². The van der Waals surface area contributed by atoms with Crippen molar-refractivity contribution in [2.75, 3.05) is 0 Å². The van der Waals surface area contributed by atoms with Crippen LogP contribution in [0.2, 0.25) is 0 Å². The molecule has 0 aliphatic carbocycles. The highest BCUT2D eigenvalue weighted by Gasteiger charge is 2.31. The summed E-state index contributed by atoms with van der Waals surface area (Å²) in [7, 11) is 0. The summed E-state index contributed by atoms with van der Waals surface area (Å²) >= 11 is 0. The highest BCUT2D eigenvalue weighted by molar-refractivity contribution is 5.70. The molecular weight excluding hydrogens is 144 g/mol. The van der Waals surface area contributed by atoms with Gasteiger partial charge in [0.25, 0.3) is 0 Å². The molecule has 66 valence electrons. The molecule has 0 amide bonds. The lowest BCUT2D eigenvalue weighted by atomic mass is 9.82. The van der Waals surface area contributed by atoms with Gasteiger partial charge in [0.15, 0.2) is 0 Å². The minimum absolute atomic E-state index is 0.363. The molecule has 3 nitrogen and oxygen atoms in total. The molecule has 0 aromatic rings. The van der Waals surface area contributed by atoms with Crippen molar-refractivity contribution in [1.29, 1.82) is 0 Å². The molecule has 0 saturated heterocycles. The van der Waals surface area contributed by atoms with E-state index in [0.29, 0.717) is 0 Å². The highest BCUT2D eigenvalue weighted by Crippen LogP contribution is 2.24. The van der Waals surface area contributed by atoms with Crippen molar-refractivity contribution in [3.63, 3.8) is 0 Å². The Bertz CT molecular complexity index is 146. The van der Waals surface area contributed by atoms with Gasteiger partial charge in [0.1, 0.15) is 0 Å². The van der Waals surface area contributed by atoms with Crippen LogP contribution in [0, 0.1) is 11.3 Å². The van der Waals surface area contributed by atoms with Gasteiger partial charge in [0, 0.05) is 0 Å². The van der Waals surface area contributed by atoms with Crippen LogP contribution in [0.15, 0.2) is 0 Å². The van der Waals surface area contributed by atoms with Gasteiger partial charge in [0.2, 0.25) is 0 Å². The zero-order valence-corrected chi connectivity index (χ0v) is 7.46. The van der Waals surface area contributed by atoms with Crippen molar-refractivity contribution < 1.29 is 15.0 Å². The van der Waals surface area contributed by atoms with E-state index in [1.165, 1.54) is 6.92 Å². The van der Waals surface area contributed by atoms with E-state index < -0.39 is 18.0 Å². The van der Waals surface area contributed by atoms with Crippen LogP contribution in [0.1, 0.15) is 27.7 Å². The fraction of sp³-hybridized carbons (Fsp3) is 0.875. The van der Waals surface area contributed by atoms with Crippen molar-refractivity contribution >= 4 is 5.97 Å². The molecule has 2 N–H and O–H groups in total. The maximum atomic E-state index is 10.4. The second-order valence-electron chi connectivity index (χ2n) is 3.94. The van der Waals surface area contributed by atoms with E-state index >= 15 is 0 Å². The Kier molecular flexibility index (Phi) is 3.05. The zero-order valence-electron chi connectivity index (χ0n) is 7.46. The number of hydrogen-bond acceptors (Lipinski definition) is 2. The Morgan fingerprint density at radius 1 is 1.36 bits per heavy atom. The lowest BCUT2D eigenvalue weighted by molar-refractivity contribution is -0.147. The SMILES string of the molecule is CC(C(=O)O)C(O)C(C)(C)C. The van der Waals surface area contributed by atoms with Crippen molar-refractivity contribution in [1.82, 2.24) is 0 Å². The third kappa shape index (κ3) is 2.89. The molecule has 0 radical (unpaired) electrons. The fourth-order valence-corrected chi connectivity index (χ4v) is 0.885. The average Bonchev–Trinajstić information content (AvgIpc) is 1.82. The number of hydrogen-bond donors (Lipinski definition) is 2. The summed E-state index contributed by atoms with van der Waals surface area (Å²) in [5, 5.41) is 18.0. The summed E-state index contributed by atoms with van der Waals surface area (Å²) in [5.41, 5.74) is -0.363. The van der Waals surface area contributed by atoms with Gasteiger partial charge in [-0.1, -0.05) is 20.8 Å². The number of aliphatic hydroxyl groups is 1. The highest BCUT2D eigenvalue weighted by atomic mass is 16.4. The topological polar surface area (TPSA) is 57.5 Å². The molecule has 0 rings (SSSR count). The first-order chi connectivity index (χ1) is 4.76. The van der Waals surface area contributed by atoms with Gasteiger partial charge in [-0.25, -0.2) is 0 Å². The van der Waals surface area contributed by atoms with E-state index in [0.717, 1.165) is 0 Å². The number of rotatable bonds is 2. The summed E-state index contributed by atoms with van der Waals surface area (Å²) in [4.78, 5) is 10.4. The van der Waals surface area contributed by atoms with E-state index in [-0.39, 0.29) is 5.41 Å². The van der Waals surface area contributed by atoms with Crippen molar-refractivity contribution in [3.8, 4) is 0 Å². The Hall–Kier alpha value is -0.570. The number of carboxylic acids is 1. The first kappa shape index (κ1) is 10.4. The molecule has 0 aliphatic heterocycles. The molecule has 0 fully saturated rings. The minimum atomic E-state index is -0.951. The molecule has 0 aliphatic rings. The summed E-state index contributed by atoms with van der Waals surface area (Å²) in [6.07, 6.45) is -0.792. The maximum absolute atomic E-state index is 10.4. The normalized spacial score (nSPS) is 17.5. The van der Waals surface area contributed by atoms with E-state index in [9.17, 15) is 9.90 Å². The maximum Gasteiger partial charge on any atom is 0.308 e. The Morgan fingerprint density at radius 2 is 1.73 bits per heavy atom.